The number of hydrogen-bond donors (Lipinski definition) is 7. The van der Waals surface area contributed by atoms with Crippen LogP contribution in [0.1, 0.15) is 251 Å². The molecular formula is C56H100Cl2N2O9. The van der Waals surface area contributed by atoms with Crippen LogP contribution in [0.2, 0.25) is 10.0 Å². The van der Waals surface area contributed by atoms with Crippen LogP contribution in [-0.4, -0.2) is 92.9 Å². The Hall–Kier alpha value is -1.54. The van der Waals surface area contributed by atoms with E-state index in [-0.39, 0.29) is 28.1 Å². The number of carbonyl (C=O) groups excluding carboxylic acids is 2. The lowest BCUT2D eigenvalue weighted by molar-refractivity contribution is -0.292. The Morgan fingerprint density at radius 2 is 0.971 bits per heavy atom. The summed E-state index contributed by atoms with van der Waals surface area (Å²) in [6.07, 6.45) is 33.1. The number of nitrogens with one attached hydrogen (secondary N) is 2. The Kier molecular flexibility index (Phi) is 38.6. The Bertz CT molecular complexity index is 1410. The van der Waals surface area contributed by atoms with E-state index >= 15 is 0 Å². The molecule has 0 bridgehead atoms. The van der Waals surface area contributed by atoms with E-state index in [1.807, 2.05) is 0 Å². The lowest BCUT2D eigenvalue weighted by Crippen LogP contribution is -2.62. The molecule has 0 unspecified atom stereocenters. The zero-order valence-corrected chi connectivity index (χ0v) is 44.9. The first-order chi connectivity index (χ1) is 33.5. The highest BCUT2D eigenvalue weighted by atomic mass is 35.5. The number of ether oxygens (including phenoxy) is 2. The van der Waals surface area contributed by atoms with E-state index in [0.29, 0.717) is 19.3 Å². The molecule has 7 N–H and O–H groups in total. The zero-order valence-electron chi connectivity index (χ0n) is 43.3. The molecule has 8 atom stereocenters. The van der Waals surface area contributed by atoms with Crippen molar-refractivity contribution in [3.05, 3.63) is 28.2 Å². The Morgan fingerprint density at radius 1 is 0.565 bits per heavy atom. The summed E-state index contributed by atoms with van der Waals surface area (Å²) < 4.78 is 11.5. The predicted octanol–water partition coefficient (Wildman–Crippen LogP) is 13.4. The average molecular weight is 1020 g/mol. The third-order valence-corrected chi connectivity index (χ3v) is 14.7. The number of aliphatic hydroxyl groups is 5. The van der Waals surface area contributed by atoms with E-state index in [1.165, 1.54) is 192 Å². The number of aliphatic hydroxyl groups excluding tert-OH is 5. The van der Waals surface area contributed by atoms with Crippen molar-refractivity contribution < 1.29 is 44.6 Å². The molecule has 0 spiro atoms. The second-order valence-electron chi connectivity index (χ2n) is 20.3. The summed E-state index contributed by atoms with van der Waals surface area (Å²) in [6, 6.07) is 3.31. The molecule has 1 aliphatic rings. The number of halogens is 2. The number of rotatable bonds is 45. The van der Waals surface area contributed by atoms with E-state index in [9.17, 15) is 35.1 Å². The van der Waals surface area contributed by atoms with Gasteiger partial charge in [-0.05, 0) is 31.0 Å². The zero-order chi connectivity index (χ0) is 50.3. The van der Waals surface area contributed by atoms with E-state index in [1.54, 1.807) is 0 Å². The van der Waals surface area contributed by atoms with Crippen molar-refractivity contribution in [2.24, 2.45) is 0 Å². The summed E-state index contributed by atoms with van der Waals surface area (Å²) in [5.41, 5.74) is 0.261. The highest BCUT2D eigenvalue weighted by Gasteiger charge is 2.48. The number of unbranched alkanes of at least 4 members (excludes halogenated alkanes) is 33. The second-order valence-corrected chi connectivity index (χ2v) is 21.1. The van der Waals surface area contributed by atoms with Crippen molar-refractivity contribution in [2.45, 2.75) is 300 Å². The number of hydrogen-bond acceptors (Lipinski definition) is 9. The summed E-state index contributed by atoms with van der Waals surface area (Å²) in [5, 5.41) is 60.5. The minimum Gasteiger partial charge on any atom is -0.390 e. The average Bonchev–Trinajstić information content (AvgIpc) is 3.33. The first-order valence-electron chi connectivity index (χ1n) is 28.2. The molecule has 1 heterocycles. The third-order valence-electron chi connectivity index (χ3n) is 14.0. The summed E-state index contributed by atoms with van der Waals surface area (Å²) in [6.45, 7) is 4.10. The van der Waals surface area contributed by atoms with Gasteiger partial charge in [-0.2, -0.15) is 0 Å². The van der Waals surface area contributed by atoms with E-state index in [0.717, 1.165) is 38.5 Å². The number of benzene rings is 1. The second kappa shape index (κ2) is 41.9. The highest BCUT2D eigenvalue weighted by Crippen LogP contribution is 2.28. The first kappa shape index (κ1) is 63.6. The van der Waals surface area contributed by atoms with Gasteiger partial charge in [0.1, 0.15) is 24.4 Å². The van der Waals surface area contributed by atoms with Gasteiger partial charge in [-0.25, -0.2) is 0 Å². The predicted molar refractivity (Wildman–Crippen MR) is 284 cm³/mol. The maximum atomic E-state index is 13.3. The van der Waals surface area contributed by atoms with Crippen molar-refractivity contribution in [1.82, 2.24) is 5.32 Å². The number of carbonyl (C=O) groups is 2. The fraction of sp³-hybridized carbons (Fsp3) is 0.857. The van der Waals surface area contributed by atoms with Gasteiger partial charge in [0.05, 0.1) is 28.8 Å². The van der Waals surface area contributed by atoms with Gasteiger partial charge in [0, 0.05) is 12.1 Å². The van der Waals surface area contributed by atoms with Gasteiger partial charge in [0.2, 0.25) is 5.91 Å². The van der Waals surface area contributed by atoms with Crippen LogP contribution < -0.4 is 10.6 Å². The van der Waals surface area contributed by atoms with Crippen molar-refractivity contribution in [2.75, 3.05) is 11.9 Å². The summed E-state index contributed by atoms with van der Waals surface area (Å²) in [5.74, 6) is -1.14. The molecule has 0 aromatic heterocycles. The van der Waals surface area contributed by atoms with Crippen LogP contribution in [0.5, 0.6) is 0 Å². The molecule has 2 rings (SSSR count). The quantitative estimate of drug-likeness (QED) is 0.0313. The van der Waals surface area contributed by atoms with Gasteiger partial charge in [0.25, 0.3) is 5.91 Å². The molecule has 69 heavy (non-hydrogen) atoms. The van der Waals surface area contributed by atoms with Crippen LogP contribution in [0.3, 0.4) is 0 Å². The van der Waals surface area contributed by atoms with E-state index in [4.69, 9.17) is 32.7 Å². The van der Waals surface area contributed by atoms with Gasteiger partial charge in [-0.15, -0.1) is 0 Å². The van der Waals surface area contributed by atoms with Crippen LogP contribution in [0.4, 0.5) is 5.69 Å². The molecule has 1 aromatic rings. The first-order valence-corrected chi connectivity index (χ1v) is 29.0. The van der Waals surface area contributed by atoms with Crippen LogP contribution in [-0.2, 0) is 19.1 Å². The lowest BCUT2D eigenvalue weighted by atomic mass is 9.97. The number of anilines is 1. The normalized spacial score (nSPS) is 19.6. The Labute approximate surface area is 429 Å². The molecule has 13 heteroatoms. The summed E-state index contributed by atoms with van der Waals surface area (Å²) in [4.78, 5) is 26.4. The van der Waals surface area contributed by atoms with Crippen molar-refractivity contribution in [3.8, 4) is 0 Å². The molecular weight excluding hydrogens is 916 g/mol. The Balaban J connectivity index is 1.74. The molecule has 0 aliphatic carbocycles. The van der Waals surface area contributed by atoms with Gasteiger partial charge in [0.15, 0.2) is 12.4 Å². The number of amides is 2. The fourth-order valence-electron chi connectivity index (χ4n) is 9.40. The molecule has 11 nitrogen and oxygen atoms in total. The van der Waals surface area contributed by atoms with Gasteiger partial charge >= 0.3 is 0 Å². The standard InChI is InChI=1S/C56H100Cl2N2O9/c1-3-5-7-9-11-13-15-17-18-19-20-21-22-23-24-25-26-27-29-31-33-35-37-39-49(62)60-47(50(63)48(61)38-36-34-32-30-28-16-14-12-10-8-6-4-2)43-68-56-53(66)51(64)52(65)54(69-56)55(67)59-44-40-41-45(57)46(58)42-44/h40-42,47-48,50-54,56,61,63-66H,3-39,43H2,1-2H3,(H,59,67)(H,60,62)/t47-,48+,50-,51-,52+,53+,54-,56-/m0/s1. The molecule has 0 saturated carbocycles. The molecule has 1 fully saturated rings. The smallest absolute Gasteiger partial charge is 0.256 e. The summed E-state index contributed by atoms with van der Waals surface area (Å²) >= 11 is 12.1. The van der Waals surface area contributed by atoms with Crippen LogP contribution in [0.25, 0.3) is 0 Å². The van der Waals surface area contributed by atoms with Crippen LogP contribution in [0, 0.1) is 0 Å². The SMILES string of the molecule is CCCCCCCCCCCCCCCCCCCCCCCCCC(=O)N[C@@H](CO[C@H]1O[C@H](C(=O)Nc2ccc(Cl)c(Cl)c2)[C@H](O)[C@H](O)[C@H]1O)[C@H](O)[C@H](O)CCCCCCCCCCCCCC. The topological polar surface area (TPSA) is 178 Å². The van der Waals surface area contributed by atoms with E-state index < -0.39 is 61.5 Å². The molecule has 1 aliphatic heterocycles. The minimum atomic E-state index is -1.82. The van der Waals surface area contributed by atoms with Crippen LogP contribution in [0.15, 0.2) is 18.2 Å². The summed E-state index contributed by atoms with van der Waals surface area (Å²) in [7, 11) is 0. The van der Waals surface area contributed by atoms with Gasteiger partial charge < -0.3 is 45.6 Å². The van der Waals surface area contributed by atoms with Gasteiger partial charge in [-0.3, -0.25) is 9.59 Å². The maximum Gasteiger partial charge on any atom is 0.256 e. The Morgan fingerprint density at radius 3 is 1.39 bits per heavy atom. The fourth-order valence-corrected chi connectivity index (χ4v) is 9.70. The van der Waals surface area contributed by atoms with Crippen molar-refractivity contribution in [3.63, 3.8) is 0 Å². The lowest BCUT2D eigenvalue weighted by Gasteiger charge is -2.40. The van der Waals surface area contributed by atoms with Crippen LogP contribution >= 0.6 is 23.2 Å². The molecule has 0 radical (unpaired) electrons. The maximum absolute atomic E-state index is 13.3. The van der Waals surface area contributed by atoms with E-state index in [2.05, 4.69) is 24.5 Å². The molecule has 1 aromatic carbocycles. The highest BCUT2D eigenvalue weighted by molar-refractivity contribution is 6.42. The molecule has 1 saturated heterocycles. The van der Waals surface area contributed by atoms with Crippen molar-refractivity contribution >= 4 is 40.7 Å². The van der Waals surface area contributed by atoms with Crippen molar-refractivity contribution in [1.29, 1.82) is 0 Å². The molecule has 402 valence electrons. The largest absolute Gasteiger partial charge is 0.390 e. The monoisotopic (exact) mass is 1010 g/mol. The molecule has 2 amide bonds. The minimum absolute atomic E-state index is 0.190. The third kappa shape index (κ3) is 30.3. The van der Waals surface area contributed by atoms with Gasteiger partial charge in [-0.1, -0.05) is 255 Å².